The van der Waals surface area contributed by atoms with Crippen LogP contribution in [0.2, 0.25) is 0 Å². The van der Waals surface area contributed by atoms with Crippen molar-refractivity contribution in [3.63, 3.8) is 0 Å². The van der Waals surface area contributed by atoms with Gasteiger partial charge in [0.15, 0.2) is 11.8 Å². The van der Waals surface area contributed by atoms with E-state index < -0.39 is 0 Å². The summed E-state index contributed by atoms with van der Waals surface area (Å²) < 4.78 is 7.52. The first-order valence-corrected chi connectivity index (χ1v) is 7.08. The number of hydrogen-bond donors (Lipinski definition) is 2. The summed E-state index contributed by atoms with van der Waals surface area (Å²) in [6.45, 7) is 6.28. The Balaban J connectivity index is 1.83. The fraction of sp³-hybridized carbons (Fsp3) is 0.600. The highest BCUT2D eigenvalue weighted by Gasteiger charge is 2.74. The highest BCUT2D eigenvalue weighted by Crippen LogP contribution is 2.73. The standard InChI is InChI=1S/C15H19NO3/c1-3-5-15-9-7-8(12(15)19-15)10-11(9)14(18)16(6-4-2)13(10)17/h4,8-9,12,17-18H,2-3,5-7H2,1H3. The zero-order valence-corrected chi connectivity index (χ0v) is 11.1. The highest BCUT2D eigenvalue weighted by atomic mass is 16.6. The second-order valence-corrected chi connectivity index (χ2v) is 6.01. The molecule has 4 rings (SSSR count). The lowest BCUT2D eigenvalue weighted by Crippen LogP contribution is -2.21. The molecule has 19 heavy (non-hydrogen) atoms. The third-order valence-corrected chi connectivity index (χ3v) is 5.17. The van der Waals surface area contributed by atoms with E-state index in [1.165, 1.54) is 0 Å². The Morgan fingerprint density at radius 2 is 2.16 bits per heavy atom. The number of rotatable bonds is 4. The quantitative estimate of drug-likeness (QED) is 0.647. The van der Waals surface area contributed by atoms with Gasteiger partial charge in [0.1, 0.15) is 5.60 Å². The van der Waals surface area contributed by atoms with Crippen LogP contribution >= 0.6 is 0 Å². The van der Waals surface area contributed by atoms with Crippen LogP contribution in [-0.2, 0) is 11.3 Å². The van der Waals surface area contributed by atoms with Crippen molar-refractivity contribution >= 4 is 0 Å². The summed E-state index contributed by atoms with van der Waals surface area (Å²) in [5, 5.41) is 20.7. The van der Waals surface area contributed by atoms with Crippen LogP contribution in [0.3, 0.4) is 0 Å². The number of allylic oxidation sites excluding steroid dienone is 1. The van der Waals surface area contributed by atoms with E-state index in [0.29, 0.717) is 6.54 Å². The van der Waals surface area contributed by atoms with E-state index in [4.69, 9.17) is 4.74 Å². The van der Waals surface area contributed by atoms with Crippen LogP contribution in [0.5, 0.6) is 11.8 Å². The van der Waals surface area contributed by atoms with Gasteiger partial charge >= 0.3 is 0 Å². The van der Waals surface area contributed by atoms with E-state index >= 15 is 0 Å². The molecule has 2 bridgehead atoms. The highest BCUT2D eigenvalue weighted by molar-refractivity contribution is 5.60. The fourth-order valence-corrected chi connectivity index (χ4v) is 4.52. The van der Waals surface area contributed by atoms with Gasteiger partial charge in [-0.1, -0.05) is 19.4 Å². The van der Waals surface area contributed by atoms with Crippen molar-refractivity contribution in [1.82, 2.24) is 4.57 Å². The van der Waals surface area contributed by atoms with Gasteiger partial charge in [-0.3, -0.25) is 4.57 Å². The minimum atomic E-state index is -0.0449. The predicted molar refractivity (Wildman–Crippen MR) is 70.6 cm³/mol. The number of nitrogens with zero attached hydrogens (tertiary/aromatic N) is 1. The Bertz CT molecular complexity index is 576. The maximum atomic E-state index is 10.4. The van der Waals surface area contributed by atoms with Crippen LogP contribution in [0, 0.1) is 0 Å². The van der Waals surface area contributed by atoms with Crippen molar-refractivity contribution in [3.05, 3.63) is 23.8 Å². The number of aromatic hydroxyl groups is 2. The number of aromatic nitrogens is 1. The summed E-state index contributed by atoms with van der Waals surface area (Å²) in [6, 6.07) is 0. The van der Waals surface area contributed by atoms with Gasteiger partial charge in [-0.05, 0) is 12.8 Å². The first kappa shape index (κ1) is 11.4. The lowest BCUT2D eigenvalue weighted by molar-refractivity contribution is 0.213. The van der Waals surface area contributed by atoms with Gasteiger partial charge in [0.05, 0.1) is 6.10 Å². The molecule has 1 aromatic heterocycles. The smallest absolute Gasteiger partial charge is 0.198 e. The maximum Gasteiger partial charge on any atom is 0.198 e. The molecule has 4 heteroatoms. The van der Waals surface area contributed by atoms with E-state index in [1.807, 2.05) is 0 Å². The predicted octanol–water partition coefficient (Wildman–Crippen LogP) is 2.61. The number of hydrogen-bond acceptors (Lipinski definition) is 3. The third-order valence-electron chi connectivity index (χ3n) is 5.17. The van der Waals surface area contributed by atoms with Crippen molar-refractivity contribution in [2.24, 2.45) is 0 Å². The summed E-state index contributed by atoms with van der Waals surface area (Å²) in [5.41, 5.74) is 1.82. The number of ether oxygens (including phenoxy) is 1. The average molecular weight is 261 g/mol. The summed E-state index contributed by atoms with van der Waals surface area (Å²) in [5.74, 6) is 0.947. The molecule has 2 heterocycles. The van der Waals surface area contributed by atoms with Gasteiger partial charge in [0, 0.05) is 29.5 Å². The molecule has 4 unspecified atom stereocenters. The topological polar surface area (TPSA) is 57.9 Å². The minimum Gasteiger partial charge on any atom is -0.494 e. The molecule has 2 aliphatic carbocycles. The Labute approximate surface area is 112 Å². The van der Waals surface area contributed by atoms with E-state index in [1.54, 1.807) is 10.6 Å². The van der Waals surface area contributed by atoms with Gasteiger partial charge < -0.3 is 14.9 Å². The summed E-state index contributed by atoms with van der Waals surface area (Å²) >= 11 is 0. The molecule has 1 aliphatic heterocycles. The second kappa shape index (κ2) is 3.37. The van der Waals surface area contributed by atoms with E-state index in [-0.39, 0.29) is 35.3 Å². The lowest BCUT2D eigenvalue weighted by Gasteiger charge is -2.19. The lowest BCUT2D eigenvalue weighted by atomic mass is 9.82. The maximum absolute atomic E-state index is 10.4. The number of epoxide rings is 1. The van der Waals surface area contributed by atoms with Crippen molar-refractivity contribution in [3.8, 4) is 11.8 Å². The van der Waals surface area contributed by atoms with Crippen molar-refractivity contribution in [1.29, 1.82) is 0 Å². The normalized spacial score (nSPS) is 37.2. The zero-order chi connectivity index (χ0) is 13.4. The minimum absolute atomic E-state index is 0.0449. The van der Waals surface area contributed by atoms with Crippen LogP contribution in [-0.4, -0.2) is 26.5 Å². The molecule has 2 fully saturated rings. The second-order valence-electron chi connectivity index (χ2n) is 6.01. The SMILES string of the molecule is C=CCn1c(O)c2c(c1O)C1CC2C2OC12CCC. The molecule has 4 atom stereocenters. The molecular weight excluding hydrogens is 242 g/mol. The molecule has 4 nitrogen and oxygen atoms in total. The summed E-state index contributed by atoms with van der Waals surface area (Å²) in [6.07, 6.45) is 5.11. The van der Waals surface area contributed by atoms with E-state index in [0.717, 1.165) is 30.4 Å². The molecule has 0 aromatic carbocycles. The van der Waals surface area contributed by atoms with Crippen LogP contribution in [0.4, 0.5) is 0 Å². The third kappa shape index (κ3) is 1.10. The van der Waals surface area contributed by atoms with Gasteiger partial charge in [-0.2, -0.15) is 0 Å². The van der Waals surface area contributed by atoms with Crippen LogP contribution in [0.15, 0.2) is 12.7 Å². The molecule has 1 saturated carbocycles. The van der Waals surface area contributed by atoms with Gasteiger partial charge in [0.2, 0.25) is 0 Å². The van der Waals surface area contributed by atoms with Gasteiger partial charge in [-0.15, -0.1) is 6.58 Å². The zero-order valence-electron chi connectivity index (χ0n) is 11.1. The van der Waals surface area contributed by atoms with Crippen LogP contribution in [0.25, 0.3) is 0 Å². The van der Waals surface area contributed by atoms with Crippen molar-refractivity contribution < 1.29 is 14.9 Å². The molecule has 2 N–H and O–H groups in total. The summed E-state index contributed by atoms with van der Waals surface area (Å²) in [4.78, 5) is 0. The summed E-state index contributed by atoms with van der Waals surface area (Å²) in [7, 11) is 0. The van der Waals surface area contributed by atoms with Crippen molar-refractivity contribution in [2.45, 2.75) is 56.3 Å². The first-order valence-electron chi connectivity index (χ1n) is 7.08. The van der Waals surface area contributed by atoms with Crippen LogP contribution in [0.1, 0.15) is 49.1 Å². The fourth-order valence-electron chi connectivity index (χ4n) is 4.52. The Morgan fingerprint density at radius 1 is 1.42 bits per heavy atom. The molecule has 0 radical (unpaired) electrons. The Morgan fingerprint density at radius 3 is 2.84 bits per heavy atom. The number of fused-ring (bicyclic) bond motifs is 8. The van der Waals surface area contributed by atoms with Crippen molar-refractivity contribution in [2.75, 3.05) is 0 Å². The van der Waals surface area contributed by atoms with E-state index in [9.17, 15) is 10.2 Å². The average Bonchev–Trinajstić information content (AvgIpc) is 2.78. The Hall–Kier alpha value is -1.42. The largest absolute Gasteiger partial charge is 0.494 e. The molecule has 1 aromatic rings. The van der Waals surface area contributed by atoms with Gasteiger partial charge in [0.25, 0.3) is 0 Å². The molecule has 1 saturated heterocycles. The molecule has 0 amide bonds. The Kier molecular flexibility index (Phi) is 2.02. The molecule has 102 valence electrons. The molecule has 3 aliphatic rings. The molecule has 0 spiro atoms. The first-order chi connectivity index (χ1) is 9.15. The molecular formula is C15H19NO3. The van der Waals surface area contributed by atoms with Gasteiger partial charge in [-0.25, -0.2) is 0 Å². The monoisotopic (exact) mass is 261 g/mol. The van der Waals surface area contributed by atoms with Crippen LogP contribution < -0.4 is 0 Å². The van der Waals surface area contributed by atoms with E-state index in [2.05, 4.69) is 13.5 Å².